The molecule has 2 N–H and O–H groups in total. The molecule has 8 heteroatoms. The van der Waals surface area contributed by atoms with Gasteiger partial charge in [-0.05, 0) is 36.5 Å². The molecule has 1 aliphatic carbocycles. The van der Waals surface area contributed by atoms with Crippen LogP contribution >= 0.6 is 0 Å². The molecule has 28 heavy (non-hydrogen) atoms. The molecule has 1 aliphatic heterocycles. The van der Waals surface area contributed by atoms with Crippen molar-refractivity contribution in [3.05, 3.63) is 53.4 Å². The Bertz CT molecular complexity index is 1020. The fourth-order valence-electron chi connectivity index (χ4n) is 4.13. The lowest BCUT2D eigenvalue weighted by Gasteiger charge is -2.17. The zero-order valence-electron chi connectivity index (χ0n) is 15.7. The summed E-state index contributed by atoms with van der Waals surface area (Å²) in [5, 5.41) is 10.2. The molecule has 5 rings (SSSR count). The summed E-state index contributed by atoms with van der Waals surface area (Å²) in [6.45, 7) is 2.88. The Morgan fingerprint density at radius 2 is 2.18 bits per heavy atom. The number of amides is 2. The Kier molecular flexibility index (Phi) is 4.11. The molecular formula is C20H22N6O2. The number of carbonyl (C=O) groups is 1. The Balaban J connectivity index is 1.27. The molecule has 0 bridgehead atoms. The van der Waals surface area contributed by atoms with E-state index < -0.39 is 0 Å². The van der Waals surface area contributed by atoms with Crippen molar-refractivity contribution in [2.24, 2.45) is 0 Å². The van der Waals surface area contributed by atoms with E-state index in [9.17, 15) is 4.79 Å². The van der Waals surface area contributed by atoms with Crippen LogP contribution in [0.4, 0.5) is 4.79 Å². The predicted octanol–water partition coefficient (Wildman–Crippen LogP) is 2.93. The van der Waals surface area contributed by atoms with Gasteiger partial charge in [0.1, 0.15) is 5.82 Å². The minimum atomic E-state index is -0.144. The van der Waals surface area contributed by atoms with E-state index in [2.05, 4.69) is 42.5 Å². The average molecular weight is 378 g/mol. The second-order valence-electron chi connectivity index (χ2n) is 7.31. The van der Waals surface area contributed by atoms with Gasteiger partial charge in [-0.3, -0.25) is 0 Å². The van der Waals surface area contributed by atoms with Crippen molar-refractivity contribution < 1.29 is 9.32 Å². The number of hydrogen-bond donors (Lipinski definition) is 2. The largest absolute Gasteiger partial charge is 0.339 e. The fraction of sp³-hybridized carbons (Fsp3) is 0.400. The summed E-state index contributed by atoms with van der Waals surface area (Å²) in [7, 11) is 0. The second-order valence-corrected chi connectivity index (χ2v) is 7.31. The third kappa shape index (κ3) is 2.94. The number of fused-ring (bicyclic) bond motifs is 2. The third-order valence-corrected chi connectivity index (χ3v) is 5.58. The molecule has 2 aromatic heterocycles. The van der Waals surface area contributed by atoms with Crippen LogP contribution in [0, 0.1) is 0 Å². The fourth-order valence-corrected chi connectivity index (χ4v) is 4.13. The smallest absolute Gasteiger partial charge is 0.315 e. The maximum Gasteiger partial charge on any atom is 0.315 e. The quantitative estimate of drug-likeness (QED) is 0.727. The first-order valence-electron chi connectivity index (χ1n) is 9.75. The minimum Gasteiger partial charge on any atom is -0.339 e. The maximum atomic E-state index is 12.5. The number of carbonyl (C=O) groups excluding carboxylic acids is 1. The van der Waals surface area contributed by atoms with Crippen molar-refractivity contribution in [2.75, 3.05) is 0 Å². The molecule has 0 spiro atoms. The van der Waals surface area contributed by atoms with Gasteiger partial charge in [-0.25, -0.2) is 9.78 Å². The number of rotatable bonds is 4. The van der Waals surface area contributed by atoms with Crippen molar-refractivity contribution in [1.29, 1.82) is 0 Å². The minimum absolute atomic E-state index is 0.0154. The van der Waals surface area contributed by atoms with Crippen molar-refractivity contribution in [3.8, 4) is 11.4 Å². The molecular weight excluding hydrogens is 356 g/mol. The number of imidazole rings is 1. The molecule has 0 fully saturated rings. The Labute approximate surface area is 162 Å². The number of benzene rings is 1. The molecule has 1 unspecified atom stereocenters. The van der Waals surface area contributed by atoms with Crippen LogP contribution in [-0.2, 0) is 19.4 Å². The topological polar surface area (TPSA) is 97.9 Å². The molecule has 0 radical (unpaired) electrons. The van der Waals surface area contributed by atoms with Crippen LogP contribution in [0.25, 0.3) is 11.4 Å². The lowest BCUT2D eigenvalue weighted by Crippen LogP contribution is -2.39. The van der Waals surface area contributed by atoms with Crippen molar-refractivity contribution in [3.63, 3.8) is 0 Å². The molecule has 0 saturated heterocycles. The van der Waals surface area contributed by atoms with Crippen LogP contribution in [-0.4, -0.2) is 25.7 Å². The summed E-state index contributed by atoms with van der Waals surface area (Å²) in [4.78, 5) is 21.3. The number of hydrogen-bond acceptors (Lipinski definition) is 5. The van der Waals surface area contributed by atoms with Crippen molar-refractivity contribution >= 4 is 6.03 Å². The molecule has 8 nitrogen and oxygen atoms in total. The van der Waals surface area contributed by atoms with E-state index >= 15 is 0 Å². The lowest BCUT2D eigenvalue weighted by atomic mass is 10.0. The zero-order chi connectivity index (χ0) is 19.1. The summed E-state index contributed by atoms with van der Waals surface area (Å²) < 4.78 is 7.29. The van der Waals surface area contributed by atoms with Crippen LogP contribution in [0.5, 0.6) is 0 Å². The first kappa shape index (κ1) is 17.0. The number of aryl methyl sites for hydroxylation is 3. The number of urea groups is 1. The van der Waals surface area contributed by atoms with E-state index in [1.807, 2.05) is 19.2 Å². The van der Waals surface area contributed by atoms with E-state index in [0.717, 1.165) is 49.2 Å². The van der Waals surface area contributed by atoms with Gasteiger partial charge in [-0.2, -0.15) is 4.98 Å². The number of aromatic nitrogens is 4. The number of nitrogens with one attached hydrogen (secondary N) is 2. The average Bonchev–Trinajstić information content (AvgIpc) is 3.47. The van der Waals surface area contributed by atoms with Crippen LogP contribution < -0.4 is 10.6 Å². The Morgan fingerprint density at radius 3 is 3.04 bits per heavy atom. The van der Waals surface area contributed by atoms with Gasteiger partial charge >= 0.3 is 6.03 Å². The summed E-state index contributed by atoms with van der Waals surface area (Å²) in [6.07, 6.45) is 7.14. The van der Waals surface area contributed by atoms with Gasteiger partial charge in [0.2, 0.25) is 11.7 Å². The van der Waals surface area contributed by atoms with E-state index in [-0.39, 0.29) is 18.1 Å². The van der Waals surface area contributed by atoms with Crippen molar-refractivity contribution in [1.82, 2.24) is 30.3 Å². The normalized spacial score (nSPS) is 20.0. The lowest BCUT2D eigenvalue weighted by molar-refractivity contribution is 0.233. The highest BCUT2D eigenvalue weighted by atomic mass is 16.5. The van der Waals surface area contributed by atoms with Gasteiger partial charge in [0.25, 0.3) is 0 Å². The van der Waals surface area contributed by atoms with Gasteiger partial charge in [0.05, 0.1) is 12.1 Å². The van der Waals surface area contributed by atoms with E-state index in [4.69, 9.17) is 4.52 Å². The molecule has 2 aliphatic rings. The first-order valence-corrected chi connectivity index (χ1v) is 9.75. The summed E-state index contributed by atoms with van der Waals surface area (Å²) in [5.41, 5.74) is 3.33. The van der Waals surface area contributed by atoms with Gasteiger partial charge < -0.3 is 19.7 Å². The van der Waals surface area contributed by atoms with Gasteiger partial charge in [0.15, 0.2) is 0 Å². The Hall–Kier alpha value is -3.16. The monoisotopic (exact) mass is 378 g/mol. The van der Waals surface area contributed by atoms with Crippen LogP contribution in [0.1, 0.15) is 54.7 Å². The molecule has 2 amide bonds. The van der Waals surface area contributed by atoms with Gasteiger partial charge in [-0.15, -0.1) is 0 Å². The van der Waals surface area contributed by atoms with Crippen LogP contribution in [0.3, 0.4) is 0 Å². The summed E-state index contributed by atoms with van der Waals surface area (Å²) in [6, 6.07) is 6.01. The predicted molar refractivity (Wildman–Crippen MR) is 101 cm³/mol. The second kappa shape index (κ2) is 6.78. The highest BCUT2D eigenvalue weighted by molar-refractivity contribution is 5.75. The zero-order valence-corrected chi connectivity index (χ0v) is 15.7. The van der Waals surface area contributed by atoms with E-state index in [1.165, 1.54) is 5.56 Å². The molecule has 2 atom stereocenters. The van der Waals surface area contributed by atoms with Crippen molar-refractivity contribution in [2.45, 2.75) is 51.2 Å². The van der Waals surface area contributed by atoms with Crippen LogP contribution in [0.15, 0.2) is 35.1 Å². The van der Waals surface area contributed by atoms with E-state index in [0.29, 0.717) is 11.7 Å². The standard InChI is InChI=1S/C20H22N6O2/c1-2-17-24-18(25-28-17)13-3-5-14-12(11-13)4-6-15(14)22-20(27)23-16-7-9-26-10-8-21-19(16)26/h3,5,8,10-11,15-16H,2,4,6-7,9H2,1H3,(H2,22,23,27)/t15-,16?/m1/s1. The first-order chi connectivity index (χ1) is 13.7. The summed E-state index contributed by atoms with van der Waals surface area (Å²) >= 11 is 0. The summed E-state index contributed by atoms with van der Waals surface area (Å²) in [5.74, 6) is 2.18. The maximum absolute atomic E-state index is 12.5. The highest BCUT2D eigenvalue weighted by Gasteiger charge is 2.28. The number of nitrogens with zero attached hydrogens (tertiary/aromatic N) is 4. The van der Waals surface area contributed by atoms with Gasteiger partial charge in [0, 0.05) is 30.9 Å². The molecule has 0 saturated carbocycles. The highest BCUT2D eigenvalue weighted by Crippen LogP contribution is 2.34. The third-order valence-electron chi connectivity index (χ3n) is 5.58. The molecule has 1 aromatic carbocycles. The van der Waals surface area contributed by atoms with E-state index in [1.54, 1.807) is 6.20 Å². The van der Waals surface area contributed by atoms with Gasteiger partial charge in [-0.1, -0.05) is 24.2 Å². The SMILES string of the molecule is CCc1nc(-c2ccc3c(c2)CC[C@H]3NC(=O)NC2CCn3ccnc32)no1. The van der Waals surface area contributed by atoms with Crippen LogP contribution in [0.2, 0.25) is 0 Å². The Morgan fingerprint density at radius 1 is 1.29 bits per heavy atom. The molecule has 3 heterocycles. The molecule has 144 valence electrons. The molecule has 3 aromatic rings.